The van der Waals surface area contributed by atoms with Crippen molar-refractivity contribution in [3.8, 4) is 0 Å². The number of aliphatic carboxylic acids is 1. The second-order valence-corrected chi connectivity index (χ2v) is 3.57. The Hall–Kier alpha value is -1.61. The van der Waals surface area contributed by atoms with Gasteiger partial charge in [0.05, 0.1) is 12.1 Å². The second kappa shape index (κ2) is 3.87. The number of carbonyl (C=O) groups is 1. The largest absolute Gasteiger partial charge is 0.481 e. The van der Waals surface area contributed by atoms with Gasteiger partial charge in [-0.1, -0.05) is 23.7 Å². The van der Waals surface area contributed by atoms with Gasteiger partial charge in [-0.15, -0.1) is 0 Å². The third-order valence-corrected chi connectivity index (χ3v) is 2.48. The fraction of sp³-hybridized carbons (Fsp3) is 0.0909. The standard InChI is InChI=1S/C11H8ClNO2/c12-9-3-1-2-8-7(9)4-5-13-10(8)6-11(14)15/h1-5H,6H2,(H,14,15). The van der Waals surface area contributed by atoms with Gasteiger partial charge in [0.2, 0.25) is 0 Å². The van der Waals surface area contributed by atoms with Gasteiger partial charge >= 0.3 is 5.97 Å². The summed E-state index contributed by atoms with van der Waals surface area (Å²) in [4.78, 5) is 14.7. The molecule has 2 rings (SSSR count). The van der Waals surface area contributed by atoms with Gasteiger partial charge in [-0.25, -0.2) is 0 Å². The van der Waals surface area contributed by atoms with E-state index in [4.69, 9.17) is 16.7 Å². The van der Waals surface area contributed by atoms with E-state index >= 15 is 0 Å². The van der Waals surface area contributed by atoms with Gasteiger partial charge in [-0.3, -0.25) is 9.78 Å². The molecule has 4 heteroatoms. The van der Waals surface area contributed by atoms with Gasteiger partial charge in [0.15, 0.2) is 0 Å². The molecule has 0 spiro atoms. The monoisotopic (exact) mass is 221 g/mol. The summed E-state index contributed by atoms with van der Waals surface area (Å²) in [6.07, 6.45) is 1.49. The maximum absolute atomic E-state index is 10.6. The molecule has 1 aromatic heterocycles. The molecule has 0 atom stereocenters. The Balaban J connectivity index is 2.65. The molecule has 15 heavy (non-hydrogen) atoms. The van der Waals surface area contributed by atoms with Crippen molar-refractivity contribution in [2.75, 3.05) is 0 Å². The molecule has 0 unspecified atom stereocenters. The van der Waals surface area contributed by atoms with Crippen molar-refractivity contribution in [3.05, 3.63) is 41.2 Å². The van der Waals surface area contributed by atoms with Crippen molar-refractivity contribution in [1.82, 2.24) is 4.98 Å². The molecule has 0 saturated heterocycles. The molecule has 1 N–H and O–H groups in total. The molecule has 0 amide bonds. The molecule has 0 fully saturated rings. The van der Waals surface area contributed by atoms with Crippen LogP contribution in [-0.4, -0.2) is 16.1 Å². The van der Waals surface area contributed by atoms with Crippen LogP contribution in [0.3, 0.4) is 0 Å². The minimum atomic E-state index is -0.894. The summed E-state index contributed by atoms with van der Waals surface area (Å²) in [7, 11) is 0. The minimum Gasteiger partial charge on any atom is -0.481 e. The van der Waals surface area contributed by atoms with Gasteiger partial charge in [0.1, 0.15) is 0 Å². The first-order valence-corrected chi connectivity index (χ1v) is 4.80. The summed E-state index contributed by atoms with van der Waals surface area (Å²) in [5.41, 5.74) is 0.544. The van der Waals surface area contributed by atoms with E-state index in [2.05, 4.69) is 4.98 Å². The van der Waals surface area contributed by atoms with E-state index in [0.717, 1.165) is 10.8 Å². The molecule has 0 aliphatic heterocycles. The number of rotatable bonds is 2. The summed E-state index contributed by atoms with van der Waals surface area (Å²) in [6, 6.07) is 7.17. The summed E-state index contributed by atoms with van der Waals surface area (Å²) in [5.74, 6) is -0.894. The highest BCUT2D eigenvalue weighted by molar-refractivity contribution is 6.35. The van der Waals surface area contributed by atoms with E-state index in [-0.39, 0.29) is 6.42 Å². The van der Waals surface area contributed by atoms with Crippen molar-refractivity contribution >= 4 is 28.3 Å². The predicted octanol–water partition coefficient (Wildman–Crippen LogP) is 2.52. The average molecular weight is 222 g/mol. The predicted molar refractivity (Wildman–Crippen MR) is 58.1 cm³/mol. The number of hydrogen-bond donors (Lipinski definition) is 1. The molecule has 0 bridgehead atoms. The van der Waals surface area contributed by atoms with Gasteiger partial charge in [0.25, 0.3) is 0 Å². The Morgan fingerprint density at radius 1 is 1.33 bits per heavy atom. The van der Waals surface area contributed by atoms with Gasteiger partial charge in [-0.2, -0.15) is 0 Å². The van der Waals surface area contributed by atoms with E-state index in [1.54, 1.807) is 24.4 Å². The third kappa shape index (κ3) is 1.92. The summed E-state index contributed by atoms with van der Waals surface area (Å²) >= 11 is 5.99. The number of carboxylic acid groups (broad SMARTS) is 1. The lowest BCUT2D eigenvalue weighted by atomic mass is 10.1. The zero-order chi connectivity index (χ0) is 10.8. The van der Waals surface area contributed by atoms with Crippen LogP contribution in [-0.2, 0) is 11.2 Å². The SMILES string of the molecule is O=C(O)Cc1nccc2c(Cl)cccc12. The summed E-state index contributed by atoms with van der Waals surface area (Å²) in [5, 5.41) is 11.0. The minimum absolute atomic E-state index is 0.0856. The Kier molecular flexibility index (Phi) is 2.56. The highest BCUT2D eigenvalue weighted by atomic mass is 35.5. The number of aromatic nitrogens is 1. The maximum atomic E-state index is 10.6. The molecular formula is C11H8ClNO2. The zero-order valence-corrected chi connectivity index (χ0v) is 8.53. The fourth-order valence-corrected chi connectivity index (χ4v) is 1.75. The first-order chi connectivity index (χ1) is 7.18. The number of carboxylic acids is 1. The molecule has 0 saturated carbocycles. The summed E-state index contributed by atoms with van der Waals surface area (Å²) < 4.78 is 0. The lowest BCUT2D eigenvalue weighted by Gasteiger charge is -2.04. The highest BCUT2D eigenvalue weighted by Crippen LogP contribution is 2.24. The normalized spacial score (nSPS) is 10.5. The number of benzene rings is 1. The first-order valence-electron chi connectivity index (χ1n) is 4.42. The van der Waals surface area contributed by atoms with Crippen molar-refractivity contribution in [3.63, 3.8) is 0 Å². The van der Waals surface area contributed by atoms with Crippen LogP contribution < -0.4 is 0 Å². The Morgan fingerprint density at radius 3 is 2.87 bits per heavy atom. The lowest BCUT2D eigenvalue weighted by molar-refractivity contribution is -0.136. The molecule has 76 valence electrons. The van der Waals surface area contributed by atoms with Crippen molar-refractivity contribution in [2.45, 2.75) is 6.42 Å². The van der Waals surface area contributed by atoms with Crippen LogP contribution in [0.4, 0.5) is 0 Å². The van der Waals surface area contributed by atoms with E-state index in [1.807, 2.05) is 6.07 Å². The maximum Gasteiger partial charge on any atom is 0.309 e. The number of halogens is 1. The van der Waals surface area contributed by atoms with E-state index < -0.39 is 5.97 Å². The van der Waals surface area contributed by atoms with Crippen LogP contribution in [0, 0.1) is 0 Å². The molecule has 2 aromatic rings. The van der Waals surface area contributed by atoms with Gasteiger partial charge < -0.3 is 5.11 Å². The van der Waals surface area contributed by atoms with Crippen LogP contribution in [0.2, 0.25) is 5.02 Å². The van der Waals surface area contributed by atoms with Gasteiger partial charge in [0, 0.05) is 22.0 Å². The van der Waals surface area contributed by atoms with Crippen LogP contribution in [0.25, 0.3) is 10.8 Å². The quantitative estimate of drug-likeness (QED) is 0.848. The van der Waals surface area contributed by atoms with E-state index in [9.17, 15) is 4.79 Å². The van der Waals surface area contributed by atoms with Crippen LogP contribution in [0.15, 0.2) is 30.5 Å². The number of hydrogen-bond acceptors (Lipinski definition) is 2. The van der Waals surface area contributed by atoms with E-state index in [1.165, 1.54) is 0 Å². The Bertz CT molecular complexity index is 525. The average Bonchev–Trinajstić information content (AvgIpc) is 2.19. The van der Waals surface area contributed by atoms with Crippen LogP contribution in [0.5, 0.6) is 0 Å². The molecule has 1 aromatic carbocycles. The van der Waals surface area contributed by atoms with Crippen LogP contribution >= 0.6 is 11.6 Å². The highest BCUT2D eigenvalue weighted by Gasteiger charge is 2.07. The smallest absolute Gasteiger partial charge is 0.309 e. The zero-order valence-electron chi connectivity index (χ0n) is 7.77. The van der Waals surface area contributed by atoms with Gasteiger partial charge in [-0.05, 0) is 12.1 Å². The van der Waals surface area contributed by atoms with Crippen molar-refractivity contribution in [2.24, 2.45) is 0 Å². The Labute approximate surface area is 91.3 Å². The Morgan fingerprint density at radius 2 is 2.13 bits per heavy atom. The number of fused-ring (bicyclic) bond motifs is 1. The molecule has 0 aliphatic carbocycles. The van der Waals surface area contributed by atoms with Crippen molar-refractivity contribution < 1.29 is 9.90 Å². The lowest BCUT2D eigenvalue weighted by Crippen LogP contribution is -2.02. The third-order valence-electron chi connectivity index (χ3n) is 2.15. The fourth-order valence-electron chi connectivity index (χ4n) is 1.51. The van der Waals surface area contributed by atoms with E-state index in [0.29, 0.717) is 10.7 Å². The topological polar surface area (TPSA) is 50.2 Å². The number of nitrogens with zero attached hydrogens (tertiary/aromatic N) is 1. The molecule has 0 radical (unpaired) electrons. The summed E-state index contributed by atoms with van der Waals surface area (Å²) in [6.45, 7) is 0. The molecule has 1 heterocycles. The van der Waals surface area contributed by atoms with Crippen LogP contribution in [0.1, 0.15) is 5.69 Å². The molecular weight excluding hydrogens is 214 g/mol. The molecule has 0 aliphatic rings. The van der Waals surface area contributed by atoms with Crippen molar-refractivity contribution in [1.29, 1.82) is 0 Å². The number of pyridine rings is 1. The second-order valence-electron chi connectivity index (χ2n) is 3.16. The first kappa shape index (κ1) is 9.93. The molecule has 3 nitrogen and oxygen atoms in total.